The van der Waals surface area contributed by atoms with Crippen LogP contribution in [0.15, 0.2) is 132 Å². The second kappa shape index (κ2) is 6.64. The van der Waals surface area contributed by atoms with Crippen molar-refractivity contribution in [2.75, 3.05) is 0 Å². The molecule has 1 nitrogen and oxygen atoms in total. The van der Waals surface area contributed by atoms with Gasteiger partial charge in [-0.2, -0.15) is 0 Å². The molecule has 32 heavy (non-hydrogen) atoms. The van der Waals surface area contributed by atoms with Crippen LogP contribution < -0.4 is 0 Å². The third-order valence-electron chi connectivity index (χ3n) is 7.89. The van der Waals surface area contributed by atoms with Crippen LogP contribution in [0.5, 0.6) is 0 Å². The molecule has 0 unspecified atom stereocenters. The van der Waals surface area contributed by atoms with E-state index in [0.29, 0.717) is 5.56 Å². The van der Waals surface area contributed by atoms with Crippen molar-refractivity contribution < 1.29 is 4.79 Å². The van der Waals surface area contributed by atoms with Gasteiger partial charge in [0, 0.05) is 22.0 Å². The number of hydrogen-bond acceptors (Lipinski definition) is 1. The Morgan fingerprint density at radius 2 is 1.28 bits per heavy atom. The van der Waals surface area contributed by atoms with Gasteiger partial charge in [-0.25, -0.2) is 0 Å². The molecule has 2 aromatic rings. The van der Waals surface area contributed by atoms with Crippen molar-refractivity contribution in [1.29, 1.82) is 0 Å². The van der Waals surface area contributed by atoms with Gasteiger partial charge in [-0.15, -0.1) is 0 Å². The number of allylic oxidation sites excluding steroid dienone is 14. The van der Waals surface area contributed by atoms with Gasteiger partial charge in [-0.3, -0.25) is 4.79 Å². The third-order valence-corrected chi connectivity index (χ3v) is 7.89. The summed E-state index contributed by atoms with van der Waals surface area (Å²) in [5, 5.41) is 0. The van der Waals surface area contributed by atoms with Crippen LogP contribution >= 0.6 is 0 Å². The van der Waals surface area contributed by atoms with Crippen molar-refractivity contribution >= 4 is 11.4 Å². The molecule has 154 valence electrons. The molecule has 0 saturated carbocycles. The zero-order valence-corrected chi connectivity index (χ0v) is 18.3. The molecule has 0 amide bonds. The highest BCUT2D eigenvalue weighted by molar-refractivity contribution is 6.09. The first-order valence-corrected chi connectivity index (χ1v) is 11.2. The van der Waals surface area contributed by atoms with E-state index < -0.39 is 0 Å². The zero-order valence-electron chi connectivity index (χ0n) is 18.3. The summed E-state index contributed by atoms with van der Waals surface area (Å²) in [6.45, 7) is 4.76. The van der Waals surface area contributed by atoms with Gasteiger partial charge in [0.1, 0.15) is 0 Å². The van der Waals surface area contributed by atoms with Crippen LogP contribution in [0.25, 0.3) is 5.57 Å². The molecule has 0 saturated heterocycles. The van der Waals surface area contributed by atoms with Gasteiger partial charge in [0.2, 0.25) is 0 Å². The topological polar surface area (TPSA) is 17.1 Å². The van der Waals surface area contributed by atoms with Crippen LogP contribution in [0.3, 0.4) is 0 Å². The summed E-state index contributed by atoms with van der Waals surface area (Å²) < 4.78 is 0. The highest BCUT2D eigenvalue weighted by atomic mass is 16.1. The Bertz CT molecular complexity index is 1370. The van der Waals surface area contributed by atoms with E-state index in [1.807, 2.05) is 42.5 Å². The monoisotopic (exact) mass is 412 g/mol. The largest absolute Gasteiger partial charge is 0.289 e. The van der Waals surface area contributed by atoms with E-state index in [2.05, 4.69) is 80.7 Å². The first-order chi connectivity index (χ1) is 15.5. The summed E-state index contributed by atoms with van der Waals surface area (Å²) in [5.74, 6) is 0.0570. The van der Waals surface area contributed by atoms with E-state index in [9.17, 15) is 4.79 Å². The highest BCUT2D eigenvalue weighted by Crippen LogP contribution is 2.67. The van der Waals surface area contributed by atoms with Gasteiger partial charge >= 0.3 is 0 Å². The molecule has 0 radical (unpaired) electrons. The van der Waals surface area contributed by atoms with Gasteiger partial charge in [0.15, 0.2) is 5.78 Å². The van der Waals surface area contributed by atoms with E-state index in [4.69, 9.17) is 0 Å². The van der Waals surface area contributed by atoms with Crippen molar-refractivity contribution in [2.45, 2.75) is 13.8 Å². The van der Waals surface area contributed by atoms with Crippen molar-refractivity contribution in [3.8, 4) is 0 Å². The number of benzene rings is 2. The fourth-order valence-corrected chi connectivity index (χ4v) is 5.83. The number of rotatable bonds is 3. The van der Waals surface area contributed by atoms with E-state index in [-0.39, 0.29) is 16.6 Å². The van der Waals surface area contributed by atoms with E-state index >= 15 is 0 Å². The second-order valence-corrected chi connectivity index (χ2v) is 9.25. The number of ketones is 1. The Balaban J connectivity index is 1.47. The molecule has 0 bridgehead atoms. The maximum atomic E-state index is 12.9. The predicted octanol–water partition coefficient (Wildman–Crippen LogP) is 7.19. The molecule has 1 heteroatoms. The van der Waals surface area contributed by atoms with E-state index in [1.54, 1.807) is 0 Å². The lowest BCUT2D eigenvalue weighted by Gasteiger charge is -2.57. The van der Waals surface area contributed by atoms with Crippen molar-refractivity contribution in [1.82, 2.24) is 0 Å². The van der Waals surface area contributed by atoms with Crippen molar-refractivity contribution in [3.05, 3.63) is 148 Å². The highest BCUT2D eigenvalue weighted by Gasteiger charge is 2.56. The minimum absolute atomic E-state index is 0.0570. The summed E-state index contributed by atoms with van der Waals surface area (Å²) in [4.78, 5) is 12.9. The van der Waals surface area contributed by atoms with E-state index in [1.165, 1.54) is 27.9 Å². The Hall–Kier alpha value is -3.71. The van der Waals surface area contributed by atoms with Crippen LogP contribution in [-0.2, 0) is 0 Å². The lowest BCUT2D eigenvalue weighted by molar-refractivity contribution is 0.103. The zero-order chi connectivity index (χ0) is 21.9. The fourth-order valence-electron chi connectivity index (χ4n) is 5.83. The predicted molar refractivity (Wildman–Crippen MR) is 131 cm³/mol. The summed E-state index contributed by atoms with van der Waals surface area (Å²) in [5.41, 5.74) is 8.99. The van der Waals surface area contributed by atoms with Crippen LogP contribution in [0, 0.1) is 10.8 Å². The summed E-state index contributed by atoms with van der Waals surface area (Å²) >= 11 is 0. The Labute approximate surface area is 189 Å². The van der Waals surface area contributed by atoms with Crippen LogP contribution in [0.2, 0.25) is 0 Å². The molecule has 4 aliphatic rings. The van der Waals surface area contributed by atoms with Gasteiger partial charge in [-0.1, -0.05) is 117 Å². The van der Waals surface area contributed by atoms with Gasteiger partial charge in [0.25, 0.3) is 0 Å². The molecule has 0 aliphatic heterocycles. The average Bonchev–Trinajstić information content (AvgIpc) is 2.83. The van der Waals surface area contributed by atoms with Crippen molar-refractivity contribution in [3.63, 3.8) is 0 Å². The molecule has 0 fully saturated rings. The molecular formula is C31H24O. The first kappa shape index (κ1) is 19.0. The lowest BCUT2D eigenvalue weighted by atomic mass is 9.45. The normalized spacial score (nSPS) is 26.9. The Kier molecular flexibility index (Phi) is 3.95. The maximum Gasteiger partial charge on any atom is 0.193 e. The summed E-state index contributed by atoms with van der Waals surface area (Å²) in [7, 11) is 0. The molecule has 6 rings (SSSR count). The van der Waals surface area contributed by atoms with Crippen LogP contribution in [-0.4, -0.2) is 5.78 Å². The summed E-state index contributed by atoms with van der Waals surface area (Å²) in [6.07, 6.45) is 20.3. The third kappa shape index (κ3) is 2.37. The smallest absolute Gasteiger partial charge is 0.193 e. The number of hydrogen-bond donors (Lipinski definition) is 0. The molecule has 2 aromatic carbocycles. The fraction of sp³-hybridized carbons (Fsp3) is 0.129. The maximum absolute atomic E-state index is 12.9. The van der Waals surface area contributed by atoms with Gasteiger partial charge < -0.3 is 0 Å². The second-order valence-electron chi connectivity index (χ2n) is 9.25. The van der Waals surface area contributed by atoms with Crippen molar-refractivity contribution in [2.24, 2.45) is 10.8 Å². The summed E-state index contributed by atoms with van der Waals surface area (Å²) in [6, 6.07) is 17.6. The van der Waals surface area contributed by atoms with Gasteiger partial charge in [0.05, 0.1) is 0 Å². The quantitative estimate of drug-likeness (QED) is 0.488. The number of carbonyl (C=O) groups excluding carboxylic acids is 1. The minimum atomic E-state index is -0.134. The molecule has 0 aromatic heterocycles. The molecule has 0 spiro atoms. The average molecular weight is 413 g/mol. The molecule has 0 heterocycles. The standard InChI is InChI=1S/C31H24O/c1-30-24-10-6-12-26(30)20-27(28-13-7-11-25(19-18-24)31(28,30)2)21-14-16-23(17-15-21)29(32)22-8-4-3-5-9-22/h3-20H,1-2H3/t30-,31-/m1/s1. The Morgan fingerprint density at radius 3 is 2.00 bits per heavy atom. The SMILES string of the molecule is C[C@@]12C3=CC=C4C=CC=C(C(c5ccc(C(=O)c6ccccc6)cc5)=CC1=CC=C3)[C@@]42C. The van der Waals surface area contributed by atoms with Crippen LogP contribution in [0.1, 0.15) is 35.3 Å². The molecular weight excluding hydrogens is 388 g/mol. The van der Waals surface area contributed by atoms with Gasteiger partial charge in [-0.05, 0) is 39.5 Å². The molecule has 4 aliphatic carbocycles. The van der Waals surface area contributed by atoms with E-state index in [0.717, 1.165) is 11.1 Å². The number of carbonyl (C=O) groups is 1. The first-order valence-electron chi connectivity index (χ1n) is 11.2. The van der Waals surface area contributed by atoms with Crippen LogP contribution in [0.4, 0.5) is 0 Å². The Morgan fingerprint density at radius 1 is 0.656 bits per heavy atom. The molecule has 0 N–H and O–H groups in total. The minimum Gasteiger partial charge on any atom is -0.289 e. The molecule has 2 atom stereocenters. The lowest BCUT2D eigenvalue weighted by Crippen LogP contribution is -2.47.